The number of hydrogen-bond acceptors (Lipinski definition) is 5. The third-order valence-electron chi connectivity index (χ3n) is 2.65. The van der Waals surface area contributed by atoms with Crippen LogP contribution >= 0.6 is 0 Å². The van der Waals surface area contributed by atoms with Crippen LogP contribution in [0.1, 0.15) is 11.7 Å². The van der Waals surface area contributed by atoms with Gasteiger partial charge in [-0.25, -0.2) is 0 Å². The van der Waals surface area contributed by atoms with Crippen molar-refractivity contribution >= 4 is 11.5 Å². The first-order chi connectivity index (χ1) is 9.08. The SMILES string of the molecule is Cn1cc([N+](=O)[O-])c(NCC(O)c2ccccc2)n1. The Labute approximate surface area is 109 Å². The van der Waals surface area contributed by atoms with Crippen molar-refractivity contribution in [2.24, 2.45) is 7.05 Å². The molecule has 0 fully saturated rings. The summed E-state index contributed by atoms with van der Waals surface area (Å²) in [5, 5.41) is 27.5. The summed E-state index contributed by atoms with van der Waals surface area (Å²) in [4.78, 5) is 10.3. The molecular weight excluding hydrogens is 248 g/mol. The Balaban J connectivity index is 2.05. The smallest absolute Gasteiger partial charge is 0.330 e. The molecule has 0 aliphatic carbocycles. The molecule has 2 aromatic rings. The fraction of sp³-hybridized carbons (Fsp3) is 0.250. The minimum Gasteiger partial charge on any atom is -0.387 e. The van der Waals surface area contributed by atoms with E-state index in [1.165, 1.54) is 10.9 Å². The molecule has 7 heteroatoms. The van der Waals surface area contributed by atoms with E-state index < -0.39 is 11.0 Å². The number of nitro groups is 1. The first-order valence-electron chi connectivity index (χ1n) is 5.73. The van der Waals surface area contributed by atoms with E-state index in [1.54, 1.807) is 19.2 Å². The Bertz CT molecular complexity index is 568. The molecule has 1 atom stereocenters. The molecule has 1 unspecified atom stereocenters. The largest absolute Gasteiger partial charge is 0.387 e. The summed E-state index contributed by atoms with van der Waals surface area (Å²) in [6, 6.07) is 9.08. The summed E-state index contributed by atoms with van der Waals surface area (Å²) in [5.74, 6) is 0.155. The fourth-order valence-electron chi connectivity index (χ4n) is 1.72. The lowest BCUT2D eigenvalue weighted by atomic mass is 10.1. The standard InChI is InChI=1S/C12H14N4O3/c1-15-8-10(16(18)19)12(14-15)13-7-11(17)9-5-3-2-4-6-9/h2-6,8,11,17H,7H2,1H3,(H,13,14). The summed E-state index contributed by atoms with van der Waals surface area (Å²) >= 11 is 0. The second kappa shape index (κ2) is 5.49. The number of aliphatic hydroxyl groups is 1. The summed E-state index contributed by atoms with van der Waals surface area (Å²) in [6.45, 7) is 0.155. The van der Waals surface area contributed by atoms with E-state index in [0.29, 0.717) is 0 Å². The minimum atomic E-state index is -0.747. The lowest BCUT2D eigenvalue weighted by Gasteiger charge is -2.11. The minimum absolute atomic E-state index is 0.109. The van der Waals surface area contributed by atoms with Gasteiger partial charge in [-0.15, -0.1) is 5.10 Å². The Kier molecular flexibility index (Phi) is 3.76. The van der Waals surface area contributed by atoms with Crippen molar-refractivity contribution in [1.82, 2.24) is 9.78 Å². The third-order valence-corrected chi connectivity index (χ3v) is 2.65. The molecule has 0 bridgehead atoms. The molecular formula is C12H14N4O3. The number of hydrogen-bond donors (Lipinski definition) is 2. The van der Waals surface area contributed by atoms with E-state index >= 15 is 0 Å². The fourth-order valence-corrected chi connectivity index (χ4v) is 1.72. The molecule has 0 saturated heterocycles. The number of nitrogens with zero attached hydrogens (tertiary/aromatic N) is 3. The van der Waals surface area contributed by atoms with Crippen molar-refractivity contribution in [3.8, 4) is 0 Å². The maximum atomic E-state index is 10.8. The maximum Gasteiger partial charge on any atom is 0.330 e. The molecule has 0 spiro atoms. The lowest BCUT2D eigenvalue weighted by Crippen LogP contribution is -2.13. The quantitative estimate of drug-likeness (QED) is 0.628. The summed E-state index contributed by atoms with van der Waals surface area (Å²) in [5.41, 5.74) is 0.636. The zero-order valence-corrected chi connectivity index (χ0v) is 10.4. The van der Waals surface area contributed by atoms with E-state index in [-0.39, 0.29) is 18.1 Å². The van der Waals surface area contributed by atoms with Crippen molar-refractivity contribution in [3.05, 3.63) is 52.2 Å². The van der Waals surface area contributed by atoms with Crippen molar-refractivity contribution in [3.63, 3.8) is 0 Å². The van der Waals surface area contributed by atoms with E-state index in [9.17, 15) is 15.2 Å². The lowest BCUT2D eigenvalue weighted by molar-refractivity contribution is -0.384. The molecule has 1 aromatic heterocycles. The molecule has 100 valence electrons. The molecule has 2 rings (SSSR count). The van der Waals surface area contributed by atoms with Crippen molar-refractivity contribution in [2.75, 3.05) is 11.9 Å². The zero-order valence-electron chi connectivity index (χ0n) is 10.4. The highest BCUT2D eigenvalue weighted by Gasteiger charge is 2.19. The van der Waals surface area contributed by atoms with Gasteiger partial charge >= 0.3 is 5.69 Å². The summed E-state index contributed by atoms with van der Waals surface area (Å²) in [6.07, 6.45) is 0.569. The zero-order chi connectivity index (χ0) is 13.8. The Hall–Kier alpha value is -2.41. The monoisotopic (exact) mass is 262 g/mol. The number of aromatic nitrogens is 2. The predicted molar refractivity (Wildman–Crippen MR) is 69.8 cm³/mol. The van der Waals surface area contributed by atoms with Gasteiger partial charge in [0.05, 0.1) is 11.0 Å². The van der Waals surface area contributed by atoms with Crippen molar-refractivity contribution in [2.45, 2.75) is 6.10 Å². The molecule has 1 aromatic carbocycles. The van der Waals surface area contributed by atoms with Gasteiger partial charge in [-0.2, -0.15) is 0 Å². The van der Waals surface area contributed by atoms with Crippen LogP contribution in [-0.4, -0.2) is 26.4 Å². The van der Waals surface area contributed by atoms with Gasteiger partial charge in [0.25, 0.3) is 0 Å². The van der Waals surface area contributed by atoms with Crippen LogP contribution in [0.2, 0.25) is 0 Å². The maximum absolute atomic E-state index is 10.8. The molecule has 0 aliphatic heterocycles. The normalized spacial score (nSPS) is 12.1. The van der Waals surface area contributed by atoms with E-state index in [2.05, 4.69) is 10.4 Å². The van der Waals surface area contributed by atoms with Crippen molar-refractivity contribution in [1.29, 1.82) is 0 Å². The molecule has 0 saturated carbocycles. The number of aliphatic hydroxyl groups excluding tert-OH is 1. The highest BCUT2D eigenvalue weighted by Crippen LogP contribution is 2.22. The van der Waals surface area contributed by atoms with E-state index in [1.807, 2.05) is 18.2 Å². The van der Waals surface area contributed by atoms with Gasteiger partial charge in [-0.3, -0.25) is 14.8 Å². The Morgan fingerprint density at radius 1 is 1.47 bits per heavy atom. The highest BCUT2D eigenvalue weighted by atomic mass is 16.6. The molecule has 7 nitrogen and oxygen atoms in total. The summed E-state index contributed by atoms with van der Waals surface area (Å²) < 4.78 is 1.36. The molecule has 2 N–H and O–H groups in total. The molecule has 0 aliphatic rings. The van der Waals surface area contributed by atoms with Crippen LogP contribution in [0, 0.1) is 10.1 Å². The van der Waals surface area contributed by atoms with Gasteiger partial charge < -0.3 is 10.4 Å². The van der Waals surface area contributed by atoms with Gasteiger partial charge in [0.1, 0.15) is 6.20 Å². The molecule has 0 amide bonds. The first kappa shape index (κ1) is 13.0. The van der Waals surface area contributed by atoms with E-state index in [0.717, 1.165) is 5.56 Å². The van der Waals surface area contributed by atoms with Crippen LogP contribution in [0.4, 0.5) is 11.5 Å². The second-order valence-electron chi connectivity index (χ2n) is 4.10. The number of anilines is 1. The molecule has 19 heavy (non-hydrogen) atoms. The molecule has 1 heterocycles. The third kappa shape index (κ3) is 3.08. The number of nitrogens with one attached hydrogen (secondary N) is 1. The Morgan fingerprint density at radius 2 is 2.16 bits per heavy atom. The van der Waals surface area contributed by atoms with Crippen LogP contribution in [0.5, 0.6) is 0 Å². The Morgan fingerprint density at radius 3 is 2.79 bits per heavy atom. The average Bonchev–Trinajstić information content (AvgIpc) is 2.78. The van der Waals surface area contributed by atoms with Gasteiger partial charge in [-0.1, -0.05) is 30.3 Å². The van der Waals surface area contributed by atoms with Gasteiger partial charge in [0.15, 0.2) is 0 Å². The number of aryl methyl sites for hydroxylation is 1. The van der Waals surface area contributed by atoms with Gasteiger partial charge in [0, 0.05) is 13.6 Å². The number of rotatable bonds is 5. The first-order valence-corrected chi connectivity index (χ1v) is 5.73. The van der Waals surface area contributed by atoms with Gasteiger partial charge in [0.2, 0.25) is 5.82 Å². The topological polar surface area (TPSA) is 93.2 Å². The highest BCUT2D eigenvalue weighted by molar-refractivity contribution is 5.54. The van der Waals surface area contributed by atoms with Crippen LogP contribution in [0.25, 0.3) is 0 Å². The van der Waals surface area contributed by atoms with Gasteiger partial charge in [-0.05, 0) is 5.56 Å². The average molecular weight is 262 g/mol. The van der Waals surface area contributed by atoms with Crippen LogP contribution in [-0.2, 0) is 7.05 Å². The van der Waals surface area contributed by atoms with Crippen LogP contribution in [0.15, 0.2) is 36.5 Å². The summed E-state index contributed by atoms with van der Waals surface area (Å²) in [7, 11) is 1.60. The predicted octanol–water partition coefficient (Wildman–Crippen LogP) is 1.47. The second-order valence-corrected chi connectivity index (χ2v) is 4.10. The van der Waals surface area contributed by atoms with Crippen molar-refractivity contribution < 1.29 is 10.0 Å². The number of benzene rings is 1. The van der Waals surface area contributed by atoms with Crippen LogP contribution < -0.4 is 5.32 Å². The molecule has 0 radical (unpaired) electrons. The van der Waals surface area contributed by atoms with Crippen LogP contribution in [0.3, 0.4) is 0 Å². The van der Waals surface area contributed by atoms with E-state index in [4.69, 9.17) is 0 Å².